The molecule has 0 unspecified atom stereocenters. The maximum Gasteiger partial charge on any atom is 0.316 e. The lowest BCUT2D eigenvalue weighted by molar-refractivity contribution is 0.166. The largest absolute Gasteiger partial charge is 0.396 e. The van der Waals surface area contributed by atoms with E-state index in [1.807, 2.05) is 0 Å². The zero-order valence-electron chi connectivity index (χ0n) is 3.98. The normalized spacial score (nSPS) is 7.71. The molecule has 0 aliphatic heterocycles. The second kappa shape index (κ2) is 9.84. The maximum atomic E-state index is 8.12. The SMILES string of the molecule is COCCCO.[MgH2]. The molecule has 0 bridgehead atoms. The predicted molar refractivity (Wildman–Crippen MR) is 32.1 cm³/mol. The molecule has 0 heterocycles. The van der Waals surface area contributed by atoms with Gasteiger partial charge in [0.25, 0.3) is 0 Å². The van der Waals surface area contributed by atoms with Crippen LogP contribution in [0.3, 0.4) is 0 Å². The fourth-order valence-corrected chi connectivity index (χ4v) is 0.209. The first-order valence-corrected chi connectivity index (χ1v) is 2.01. The van der Waals surface area contributed by atoms with E-state index in [9.17, 15) is 0 Å². The van der Waals surface area contributed by atoms with Gasteiger partial charge in [0.2, 0.25) is 0 Å². The van der Waals surface area contributed by atoms with Crippen molar-refractivity contribution in [2.75, 3.05) is 20.3 Å². The Hall–Kier alpha value is 0.686. The molecule has 0 aromatic heterocycles. The molecule has 0 rings (SSSR count). The summed E-state index contributed by atoms with van der Waals surface area (Å²) < 4.78 is 4.62. The van der Waals surface area contributed by atoms with Crippen LogP contribution in [-0.2, 0) is 4.74 Å². The van der Waals surface area contributed by atoms with E-state index in [2.05, 4.69) is 4.74 Å². The van der Waals surface area contributed by atoms with E-state index in [-0.39, 0.29) is 29.7 Å². The van der Waals surface area contributed by atoms with Crippen molar-refractivity contribution in [3.8, 4) is 0 Å². The molecule has 0 aromatic carbocycles. The first-order valence-electron chi connectivity index (χ1n) is 2.01. The number of hydrogen-bond acceptors (Lipinski definition) is 2. The minimum atomic E-state index is 0. The molecule has 0 amide bonds. The summed E-state index contributed by atoms with van der Waals surface area (Å²) in [6.45, 7) is 0.893. The highest BCUT2D eigenvalue weighted by atomic mass is 24.3. The fraction of sp³-hybridized carbons (Fsp3) is 1.00. The highest BCUT2D eigenvalue weighted by Crippen LogP contribution is 1.72. The molecule has 42 valence electrons. The van der Waals surface area contributed by atoms with Crippen molar-refractivity contribution in [2.45, 2.75) is 6.42 Å². The van der Waals surface area contributed by atoms with Crippen LogP contribution in [0.15, 0.2) is 0 Å². The lowest BCUT2D eigenvalue weighted by atomic mass is 10.5. The van der Waals surface area contributed by atoms with Crippen molar-refractivity contribution in [1.29, 1.82) is 0 Å². The Labute approximate surface area is 60.0 Å². The molecule has 0 saturated heterocycles. The summed E-state index contributed by atoms with van der Waals surface area (Å²) in [4.78, 5) is 0. The molecule has 7 heavy (non-hydrogen) atoms. The van der Waals surface area contributed by atoms with Crippen LogP contribution in [-0.4, -0.2) is 48.5 Å². The lowest BCUT2D eigenvalue weighted by Gasteiger charge is -1.89. The van der Waals surface area contributed by atoms with Gasteiger partial charge in [0.05, 0.1) is 0 Å². The van der Waals surface area contributed by atoms with Crippen LogP contribution in [0.5, 0.6) is 0 Å². The van der Waals surface area contributed by atoms with Crippen LogP contribution >= 0.6 is 0 Å². The summed E-state index contributed by atoms with van der Waals surface area (Å²) in [6, 6.07) is 0. The van der Waals surface area contributed by atoms with Crippen LogP contribution in [0.2, 0.25) is 0 Å². The number of rotatable bonds is 3. The molecule has 3 heteroatoms. The predicted octanol–water partition coefficient (Wildman–Crippen LogP) is -0.901. The molecule has 0 aromatic rings. The zero-order chi connectivity index (χ0) is 4.83. The van der Waals surface area contributed by atoms with E-state index in [4.69, 9.17) is 5.11 Å². The van der Waals surface area contributed by atoms with Crippen molar-refractivity contribution >= 4 is 23.1 Å². The molecule has 0 atom stereocenters. The zero-order valence-corrected chi connectivity index (χ0v) is 3.98. The van der Waals surface area contributed by atoms with Gasteiger partial charge in [0, 0.05) is 20.3 Å². The van der Waals surface area contributed by atoms with E-state index < -0.39 is 0 Å². The Morgan fingerprint density at radius 3 is 2.29 bits per heavy atom. The summed E-state index contributed by atoms with van der Waals surface area (Å²) in [5.74, 6) is 0. The highest BCUT2D eigenvalue weighted by molar-refractivity contribution is 5.75. The van der Waals surface area contributed by atoms with Gasteiger partial charge in [-0.25, -0.2) is 0 Å². The molecule has 2 nitrogen and oxygen atoms in total. The molecule has 1 N–H and O–H groups in total. The molecule has 0 radical (unpaired) electrons. The van der Waals surface area contributed by atoms with Crippen molar-refractivity contribution in [3.05, 3.63) is 0 Å². The maximum absolute atomic E-state index is 8.12. The molecular formula is C4H12MgO2. The monoisotopic (exact) mass is 116 g/mol. The standard InChI is InChI=1S/C4H10O2.Mg.2H/c1-6-4-2-3-5;;;/h5H,2-4H2,1H3;;;. The Balaban J connectivity index is 0. The number of aliphatic hydroxyl groups is 1. The minimum absolute atomic E-state index is 0. The third-order valence-corrected chi connectivity index (χ3v) is 0.507. The number of ether oxygens (including phenoxy) is 1. The summed E-state index contributed by atoms with van der Waals surface area (Å²) in [5, 5.41) is 8.12. The first kappa shape index (κ1) is 10.6. The summed E-state index contributed by atoms with van der Waals surface area (Å²) in [7, 11) is 1.62. The van der Waals surface area contributed by atoms with Gasteiger partial charge in [-0.15, -0.1) is 0 Å². The van der Waals surface area contributed by atoms with Crippen molar-refractivity contribution < 1.29 is 9.84 Å². The molecule has 0 saturated carbocycles. The average Bonchev–Trinajstić information content (AvgIpc) is 1.61. The van der Waals surface area contributed by atoms with Crippen molar-refractivity contribution in [1.82, 2.24) is 0 Å². The van der Waals surface area contributed by atoms with E-state index in [1.54, 1.807) is 7.11 Å². The van der Waals surface area contributed by atoms with Gasteiger partial charge >= 0.3 is 23.1 Å². The fourth-order valence-electron chi connectivity index (χ4n) is 0.209. The third-order valence-electron chi connectivity index (χ3n) is 0.507. The smallest absolute Gasteiger partial charge is 0.316 e. The Kier molecular flexibility index (Phi) is 14.9. The Morgan fingerprint density at radius 1 is 1.57 bits per heavy atom. The summed E-state index contributed by atoms with van der Waals surface area (Å²) >= 11 is 0. The first-order chi connectivity index (χ1) is 2.91. The van der Waals surface area contributed by atoms with Gasteiger partial charge in [-0.1, -0.05) is 0 Å². The molecule has 0 aliphatic rings. The third kappa shape index (κ3) is 10.8. The molecule has 0 aliphatic carbocycles. The van der Waals surface area contributed by atoms with Crippen LogP contribution in [0, 0.1) is 0 Å². The number of aliphatic hydroxyl groups excluding tert-OH is 1. The van der Waals surface area contributed by atoms with Gasteiger partial charge in [-0.05, 0) is 6.42 Å². The van der Waals surface area contributed by atoms with Gasteiger partial charge in [-0.3, -0.25) is 0 Å². The number of methoxy groups -OCH3 is 1. The van der Waals surface area contributed by atoms with E-state index >= 15 is 0 Å². The Morgan fingerprint density at radius 2 is 2.14 bits per heavy atom. The molecule has 0 spiro atoms. The van der Waals surface area contributed by atoms with Crippen LogP contribution in [0.25, 0.3) is 0 Å². The van der Waals surface area contributed by atoms with Gasteiger partial charge in [0.1, 0.15) is 0 Å². The minimum Gasteiger partial charge on any atom is -0.396 e. The topological polar surface area (TPSA) is 29.5 Å². The van der Waals surface area contributed by atoms with Crippen LogP contribution in [0.4, 0.5) is 0 Å². The lowest BCUT2D eigenvalue weighted by Crippen LogP contribution is -1.90. The highest BCUT2D eigenvalue weighted by Gasteiger charge is 1.75. The van der Waals surface area contributed by atoms with Crippen LogP contribution < -0.4 is 0 Å². The van der Waals surface area contributed by atoms with Gasteiger partial charge in [0.15, 0.2) is 0 Å². The second-order valence-electron chi connectivity index (χ2n) is 1.07. The van der Waals surface area contributed by atoms with Gasteiger partial charge in [-0.2, -0.15) is 0 Å². The summed E-state index contributed by atoms with van der Waals surface area (Å²) in [5.41, 5.74) is 0. The average molecular weight is 116 g/mol. The Bertz CT molecular complexity index is 21.7. The van der Waals surface area contributed by atoms with Gasteiger partial charge < -0.3 is 9.84 Å². The van der Waals surface area contributed by atoms with E-state index in [1.165, 1.54) is 0 Å². The number of hydrogen-bond donors (Lipinski definition) is 1. The quantitative estimate of drug-likeness (QED) is 0.383. The second-order valence-corrected chi connectivity index (χ2v) is 1.07. The molecular weight excluding hydrogens is 104 g/mol. The summed E-state index contributed by atoms with van der Waals surface area (Å²) in [6.07, 6.45) is 0.747. The van der Waals surface area contributed by atoms with E-state index in [0.717, 1.165) is 6.42 Å². The van der Waals surface area contributed by atoms with E-state index in [0.29, 0.717) is 6.61 Å². The molecule has 0 fully saturated rings. The van der Waals surface area contributed by atoms with Crippen LogP contribution in [0.1, 0.15) is 6.42 Å². The van der Waals surface area contributed by atoms with Crippen molar-refractivity contribution in [2.24, 2.45) is 0 Å². The van der Waals surface area contributed by atoms with Crippen molar-refractivity contribution in [3.63, 3.8) is 0 Å².